The second-order valence-electron chi connectivity index (χ2n) is 4.54. The highest BCUT2D eigenvalue weighted by atomic mass is 79.9. The van der Waals surface area contributed by atoms with Crippen molar-refractivity contribution >= 4 is 27.6 Å². The number of carbonyl (C=O) groups is 1. The number of nitrogens with two attached hydrogens (primary N) is 1. The van der Waals surface area contributed by atoms with E-state index in [9.17, 15) is 4.79 Å². The molecule has 0 aromatic heterocycles. The van der Waals surface area contributed by atoms with E-state index in [4.69, 9.17) is 15.7 Å². The first-order chi connectivity index (χ1) is 10.0. The number of carbonyl (C=O) groups excluding carboxylic acids is 1. The Kier molecular flexibility index (Phi) is 4.61. The van der Waals surface area contributed by atoms with E-state index in [0.717, 1.165) is 11.1 Å². The molecular weight excluding hydrogens is 332 g/mol. The van der Waals surface area contributed by atoms with Crippen LogP contribution in [0.3, 0.4) is 0 Å². The molecule has 0 spiro atoms. The predicted molar refractivity (Wildman–Crippen MR) is 83.6 cm³/mol. The van der Waals surface area contributed by atoms with Gasteiger partial charge in [0.25, 0.3) is 0 Å². The van der Waals surface area contributed by atoms with Gasteiger partial charge < -0.3 is 10.5 Å². The molecule has 0 saturated heterocycles. The quantitative estimate of drug-likeness (QED) is 0.682. The molecule has 2 aromatic carbocycles. The third kappa shape index (κ3) is 3.41. The van der Waals surface area contributed by atoms with Gasteiger partial charge in [-0.05, 0) is 58.2 Å². The SMILES string of the molecule is Cc1cc(C#N)ccc1COC(=O)c1cccc(N)c1Br. The van der Waals surface area contributed by atoms with Crippen molar-refractivity contribution in [2.75, 3.05) is 5.73 Å². The molecule has 0 heterocycles. The van der Waals surface area contributed by atoms with Crippen LogP contribution in [0, 0.1) is 18.3 Å². The van der Waals surface area contributed by atoms with Gasteiger partial charge in [0.05, 0.1) is 21.7 Å². The molecule has 0 saturated carbocycles. The number of nitrogens with zero attached hydrogens (tertiary/aromatic N) is 1. The van der Waals surface area contributed by atoms with Crippen molar-refractivity contribution in [2.45, 2.75) is 13.5 Å². The fourth-order valence-corrected chi connectivity index (χ4v) is 2.28. The van der Waals surface area contributed by atoms with E-state index in [0.29, 0.717) is 21.3 Å². The van der Waals surface area contributed by atoms with Crippen molar-refractivity contribution in [3.05, 3.63) is 63.1 Å². The second-order valence-corrected chi connectivity index (χ2v) is 5.33. The Hall–Kier alpha value is -2.32. The van der Waals surface area contributed by atoms with Gasteiger partial charge in [0.2, 0.25) is 0 Å². The number of halogens is 1. The number of nitriles is 1. The van der Waals surface area contributed by atoms with Crippen molar-refractivity contribution in [2.24, 2.45) is 0 Å². The number of aryl methyl sites for hydroxylation is 1. The molecule has 0 atom stereocenters. The van der Waals surface area contributed by atoms with E-state index in [-0.39, 0.29) is 6.61 Å². The van der Waals surface area contributed by atoms with E-state index in [1.165, 1.54) is 0 Å². The molecule has 2 N–H and O–H groups in total. The normalized spacial score (nSPS) is 9.95. The molecule has 2 aromatic rings. The molecule has 0 fully saturated rings. The number of hydrogen-bond donors (Lipinski definition) is 1. The summed E-state index contributed by atoms with van der Waals surface area (Å²) >= 11 is 3.28. The summed E-state index contributed by atoms with van der Waals surface area (Å²) in [7, 11) is 0. The highest BCUT2D eigenvalue weighted by Crippen LogP contribution is 2.24. The standard InChI is InChI=1S/C16H13BrN2O2/c1-10-7-11(8-18)5-6-12(10)9-21-16(20)13-3-2-4-14(19)15(13)17/h2-7H,9,19H2,1H3. The first-order valence-electron chi connectivity index (χ1n) is 6.23. The molecule has 0 unspecified atom stereocenters. The summed E-state index contributed by atoms with van der Waals surface area (Å²) in [6.07, 6.45) is 0. The third-order valence-corrected chi connectivity index (χ3v) is 3.96. The zero-order valence-electron chi connectivity index (χ0n) is 11.4. The summed E-state index contributed by atoms with van der Waals surface area (Å²) in [5.74, 6) is -0.446. The van der Waals surface area contributed by atoms with Gasteiger partial charge in [-0.15, -0.1) is 0 Å². The van der Waals surface area contributed by atoms with E-state index in [2.05, 4.69) is 22.0 Å². The van der Waals surface area contributed by atoms with Crippen molar-refractivity contribution in [3.8, 4) is 6.07 Å². The fourth-order valence-electron chi connectivity index (χ4n) is 1.86. The minimum atomic E-state index is -0.446. The number of ether oxygens (including phenoxy) is 1. The molecule has 0 radical (unpaired) electrons. The third-order valence-electron chi connectivity index (χ3n) is 3.08. The fraction of sp³-hybridized carbons (Fsp3) is 0.125. The minimum Gasteiger partial charge on any atom is -0.457 e. The second kappa shape index (κ2) is 6.42. The summed E-state index contributed by atoms with van der Waals surface area (Å²) in [6.45, 7) is 2.03. The highest BCUT2D eigenvalue weighted by Gasteiger charge is 2.13. The maximum absolute atomic E-state index is 12.1. The van der Waals surface area contributed by atoms with Crippen LogP contribution in [0.4, 0.5) is 5.69 Å². The molecular formula is C16H13BrN2O2. The molecule has 0 aliphatic carbocycles. The molecule has 5 heteroatoms. The van der Waals surface area contributed by atoms with Crippen LogP contribution in [0.25, 0.3) is 0 Å². The van der Waals surface area contributed by atoms with E-state index < -0.39 is 5.97 Å². The smallest absolute Gasteiger partial charge is 0.339 e. The number of anilines is 1. The zero-order chi connectivity index (χ0) is 15.4. The Labute approximate surface area is 131 Å². The van der Waals surface area contributed by atoms with Gasteiger partial charge in [-0.2, -0.15) is 5.26 Å². The average molecular weight is 345 g/mol. The van der Waals surface area contributed by atoms with E-state index in [1.54, 1.807) is 36.4 Å². The van der Waals surface area contributed by atoms with Gasteiger partial charge in [0.15, 0.2) is 0 Å². The number of hydrogen-bond acceptors (Lipinski definition) is 4. The number of benzene rings is 2. The van der Waals surface area contributed by atoms with Crippen molar-refractivity contribution < 1.29 is 9.53 Å². The van der Waals surface area contributed by atoms with Gasteiger partial charge in [-0.25, -0.2) is 4.79 Å². The van der Waals surface area contributed by atoms with Crippen molar-refractivity contribution in [3.63, 3.8) is 0 Å². The zero-order valence-corrected chi connectivity index (χ0v) is 13.0. The van der Waals surface area contributed by atoms with Crippen LogP contribution in [0.2, 0.25) is 0 Å². The lowest BCUT2D eigenvalue weighted by molar-refractivity contribution is 0.0471. The summed E-state index contributed by atoms with van der Waals surface area (Å²) in [5.41, 5.74) is 8.97. The molecule has 0 bridgehead atoms. The molecule has 21 heavy (non-hydrogen) atoms. The van der Waals surface area contributed by atoms with Crippen LogP contribution in [0.5, 0.6) is 0 Å². The largest absolute Gasteiger partial charge is 0.457 e. The van der Waals surface area contributed by atoms with Crippen LogP contribution < -0.4 is 5.73 Å². The Balaban J connectivity index is 2.11. The Bertz CT molecular complexity index is 736. The Morgan fingerprint density at radius 3 is 2.81 bits per heavy atom. The van der Waals surface area contributed by atoms with E-state index >= 15 is 0 Å². The van der Waals surface area contributed by atoms with Gasteiger partial charge in [0.1, 0.15) is 6.61 Å². The lowest BCUT2D eigenvalue weighted by Crippen LogP contribution is -2.08. The van der Waals surface area contributed by atoms with Crippen LogP contribution in [-0.4, -0.2) is 5.97 Å². The van der Waals surface area contributed by atoms with Gasteiger partial charge in [0, 0.05) is 5.69 Å². The lowest BCUT2D eigenvalue weighted by Gasteiger charge is -2.09. The lowest BCUT2D eigenvalue weighted by atomic mass is 10.1. The maximum Gasteiger partial charge on any atom is 0.339 e. The first kappa shape index (κ1) is 15.1. The predicted octanol–water partition coefficient (Wildman–Crippen LogP) is 3.57. The monoisotopic (exact) mass is 344 g/mol. The van der Waals surface area contributed by atoms with Crippen LogP contribution in [-0.2, 0) is 11.3 Å². The van der Waals surface area contributed by atoms with Crippen molar-refractivity contribution in [1.29, 1.82) is 5.26 Å². The topological polar surface area (TPSA) is 76.1 Å². The minimum absolute atomic E-state index is 0.150. The van der Waals surface area contributed by atoms with Gasteiger partial charge in [-0.3, -0.25) is 0 Å². The summed E-state index contributed by atoms with van der Waals surface area (Å²) in [6, 6.07) is 12.4. The number of esters is 1. The summed E-state index contributed by atoms with van der Waals surface area (Å²) < 4.78 is 5.83. The maximum atomic E-state index is 12.1. The van der Waals surface area contributed by atoms with Gasteiger partial charge in [-0.1, -0.05) is 12.1 Å². The Morgan fingerprint density at radius 1 is 1.38 bits per heavy atom. The van der Waals surface area contributed by atoms with E-state index in [1.807, 2.05) is 6.92 Å². The summed E-state index contributed by atoms with van der Waals surface area (Å²) in [4.78, 5) is 12.1. The molecule has 0 aliphatic heterocycles. The number of rotatable bonds is 3. The molecule has 106 valence electrons. The number of nitrogen functional groups attached to an aromatic ring is 1. The van der Waals surface area contributed by atoms with Crippen molar-refractivity contribution in [1.82, 2.24) is 0 Å². The molecule has 2 rings (SSSR count). The highest BCUT2D eigenvalue weighted by molar-refractivity contribution is 9.10. The average Bonchev–Trinajstić information content (AvgIpc) is 2.48. The molecule has 4 nitrogen and oxygen atoms in total. The first-order valence-corrected chi connectivity index (χ1v) is 7.03. The Morgan fingerprint density at radius 2 is 2.14 bits per heavy atom. The van der Waals surface area contributed by atoms with Crippen LogP contribution in [0.1, 0.15) is 27.0 Å². The van der Waals surface area contributed by atoms with Crippen LogP contribution in [0.15, 0.2) is 40.9 Å². The molecule has 0 aliphatic rings. The van der Waals surface area contributed by atoms with Crippen LogP contribution >= 0.6 is 15.9 Å². The molecule has 0 amide bonds. The summed E-state index contributed by atoms with van der Waals surface area (Å²) in [5, 5.41) is 8.82. The van der Waals surface area contributed by atoms with Gasteiger partial charge >= 0.3 is 5.97 Å².